The Balaban J connectivity index is 2.59. The third-order valence-electron chi connectivity index (χ3n) is 1.78. The normalized spacial score (nSPS) is 14.4. The summed E-state index contributed by atoms with van der Waals surface area (Å²) in [5, 5.41) is 0. The molecule has 88 valence electrons. The van der Waals surface area contributed by atoms with Gasteiger partial charge in [-0.1, -0.05) is 0 Å². The van der Waals surface area contributed by atoms with E-state index in [9.17, 15) is 9.59 Å². The van der Waals surface area contributed by atoms with E-state index in [1.807, 2.05) is 0 Å². The van der Waals surface area contributed by atoms with Gasteiger partial charge in [-0.25, -0.2) is 9.59 Å². The van der Waals surface area contributed by atoms with E-state index in [1.54, 1.807) is 26.0 Å². The summed E-state index contributed by atoms with van der Waals surface area (Å²) in [6.45, 7) is 3.92. The molecule has 1 aliphatic rings. The minimum Gasteiger partial charge on any atom is -0.460 e. The second-order valence-corrected chi connectivity index (χ2v) is 2.92. The van der Waals surface area contributed by atoms with Crippen LogP contribution in [-0.4, -0.2) is 25.2 Å². The quantitative estimate of drug-likeness (QED) is 0.676. The van der Waals surface area contributed by atoms with Gasteiger partial charge in [-0.15, -0.1) is 0 Å². The first-order valence-electron chi connectivity index (χ1n) is 5.11. The molecule has 0 amide bonds. The van der Waals surface area contributed by atoms with E-state index in [1.165, 1.54) is 0 Å². The van der Waals surface area contributed by atoms with Gasteiger partial charge in [0.1, 0.15) is 0 Å². The van der Waals surface area contributed by atoms with Gasteiger partial charge in [0.25, 0.3) is 0 Å². The lowest BCUT2D eigenvalue weighted by Crippen LogP contribution is -2.17. The van der Waals surface area contributed by atoms with Crippen LogP contribution in [0.25, 0.3) is 0 Å². The lowest BCUT2D eigenvalue weighted by Gasteiger charge is -2.14. The predicted molar refractivity (Wildman–Crippen MR) is 55.1 cm³/mol. The van der Waals surface area contributed by atoms with Crippen molar-refractivity contribution in [2.75, 3.05) is 13.2 Å². The van der Waals surface area contributed by atoms with Gasteiger partial charge in [0.2, 0.25) is 11.5 Å². The van der Waals surface area contributed by atoms with Crippen LogP contribution in [0.1, 0.15) is 20.3 Å². The van der Waals surface area contributed by atoms with E-state index < -0.39 is 11.9 Å². The Kier molecular flexibility index (Phi) is 4.57. The van der Waals surface area contributed by atoms with E-state index in [4.69, 9.17) is 14.2 Å². The molecule has 1 aliphatic heterocycles. The number of rotatable bonds is 4. The summed E-state index contributed by atoms with van der Waals surface area (Å²) < 4.78 is 14.6. The zero-order valence-corrected chi connectivity index (χ0v) is 9.32. The van der Waals surface area contributed by atoms with Crippen LogP contribution in [0.5, 0.6) is 0 Å². The minimum atomic E-state index is -0.572. The molecule has 16 heavy (non-hydrogen) atoms. The number of carbonyl (C=O) groups is 2. The molecule has 0 saturated heterocycles. The maximum absolute atomic E-state index is 11.3. The highest BCUT2D eigenvalue weighted by Gasteiger charge is 2.22. The summed E-state index contributed by atoms with van der Waals surface area (Å²) in [6, 6.07) is 0. The summed E-state index contributed by atoms with van der Waals surface area (Å²) in [4.78, 5) is 22.7. The molecular formula is C11H14O5. The molecule has 0 aliphatic carbocycles. The van der Waals surface area contributed by atoms with Crippen molar-refractivity contribution in [1.82, 2.24) is 0 Å². The second kappa shape index (κ2) is 5.95. The first-order valence-corrected chi connectivity index (χ1v) is 5.11. The zero-order chi connectivity index (χ0) is 12.0. The number of ether oxygens (including phenoxy) is 3. The second-order valence-electron chi connectivity index (χ2n) is 2.92. The Morgan fingerprint density at radius 1 is 1.12 bits per heavy atom. The third-order valence-corrected chi connectivity index (χ3v) is 1.78. The van der Waals surface area contributed by atoms with E-state index in [-0.39, 0.29) is 24.7 Å². The van der Waals surface area contributed by atoms with Crippen molar-refractivity contribution in [3.63, 3.8) is 0 Å². The molecule has 5 nitrogen and oxygen atoms in total. The largest absolute Gasteiger partial charge is 0.460 e. The van der Waals surface area contributed by atoms with Gasteiger partial charge in [-0.3, -0.25) is 0 Å². The van der Waals surface area contributed by atoms with Crippen molar-refractivity contribution in [3.05, 3.63) is 23.7 Å². The van der Waals surface area contributed by atoms with Crippen LogP contribution in [-0.2, 0) is 23.8 Å². The molecule has 1 rings (SSSR count). The Morgan fingerprint density at radius 3 is 1.94 bits per heavy atom. The van der Waals surface area contributed by atoms with Gasteiger partial charge in [0.15, 0.2) is 0 Å². The molecule has 0 radical (unpaired) electrons. The fourth-order valence-electron chi connectivity index (χ4n) is 1.13. The molecule has 0 unspecified atom stereocenters. The van der Waals surface area contributed by atoms with Crippen molar-refractivity contribution in [2.45, 2.75) is 20.3 Å². The van der Waals surface area contributed by atoms with Gasteiger partial charge in [-0.2, -0.15) is 0 Å². The van der Waals surface area contributed by atoms with Crippen molar-refractivity contribution in [3.8, 4) is 0 Å². The van der Waals surface area contributed by atoms with E-state index in [2.05, 4.69) is 0 Å². The SMILES string of the molecule is CCOC(=O)C1=CCC=C(C(=O)OCC)O1. The Morgan fingerprint density at radius 2 is 1.56 bits per heavy atom. The highest BCUT2D eigenvalue weighted by molar-refractivity contribution is 5.91. The molecule has 0 aromatic rings. The van der Waals surface area contributed by atoms with Crippen molar-refractivity contribution in [1.29, 1.82) is 0 Å². The standard InChI is InChI=1S/C11H14O5/c1-3-14-10(12)8-6-5-7-9(16-8)11(13)15-4-2/h6-7H,3-5H2,1-2H3. The first kappa shape index (κ1) is 12.3. The van der Waals surface area contributed by atoms with Gasteiger partial charge >= 0.3 is 11.9 Å². The fourth-order valence-corrected chi connectivity index (χ4v) is 1.13. The molecule has 0 N–H and O–H groups in total. The molecule has 5 heteroatoms. The Bertz CT molecular complexity index is 308. The molecule has 0 saturated carbocycles. The number of hydrogen-bond acceptors (Lipinski definition) is 5. The molecule has 0 atom stereocenters. The van der Waals surface area contributed by atoms with Crippen LogP contribution in [0.4, 0.5) is 0 Å². The van der Waals surface area contributed by atoms with Crippen LogP contribution < -0.4 is 0 Å². The average molecular weight is 226 g/mol. The lowest BCUT2D eigenvalue weighted by molar-refractivity contribution is -0.145. The summed E-state index contributed by atoms with van der Waals surface area (Å²) in [5.41, 5.74) is 0. The maximum atomic E-state index is 11.3. The van der Waals surface area contributed by atoms with E-state index >= 15 is 0 Å². The Labute approximate surface area is 93.7 Å². The highest BCUT2D eigenvalue weighted by atomic mass is 16.6. The molecule has 0 aromatic heterocycles. The first-order chi connectivity index (χ1) is 7.69. The monoisotopic (exact) mass is 226 g/mol. The van der Waals surface area contributed by atoms with Gasteiger partial charge in [0, 0.05) is 0 Å². The average Bonchev–Trinajstić information content (AvgIpc) is 2.30. The van der Waals surface area contributed by atoms with Gasteiger partial charge in [0.05, 0.1) is 13.2 Å². The van der Waals surface area contributed by atoms with Crippen LogP contribution in [0.3, 0.4) is 0 Å². The van der Waals surface area contributed by atoms with Gasteiger partial charge in [-0.05, 0) is 32.4 Å². The van der Waals surface area contributed by atoms with E-state index in [0.717, 1.165) is 0 Å². The number of carbonyl (C=O) groups excluding carboxylic acids is 2. The fraction of sp³-hybridized carbons (Fsp3) is 0.455. The van der Waals surface area contributed by atoms with E-state index in [0.29, 0.717) is 6.42 Å². The summed E-state index contributed by atoms with van der Waals surface area (Å²) in [5.74, 6) is -1.07. The highest BCUT2D eigenvalue weighted by Crippen LogP contribution is 2.17. The molecule has 1 heterocycles. The zero-order valence-electron chi connectivity index (χ0n) is 9.32. The molecule has 0 fully saturated rings. The number of allylic oxidation sites excluding steroid dienone is 2. The maximum Gasteiger partial charge on any atom is 0.373 e. The van der Waals surface area contributed by atoms with Crippen LogP contribution >= 0.6 is 0 Å². The smallest absolute Gasteiger partial charge is 0.373 e. The van der Waals surface area contributed by atoms with Crippen LogP contribution in [0, 0.1) is 0 Å². The molecular weight excluding hydrogens is 212 g/mol. The van der Waals surface area contributed by atoms with Gasteiger partial charge < -0.3 is 14.2 Å². The minimum absolute atomic E-state index is 0.0346. The topological polar surface area (TPSA) is 61.8 Å². The molecule has 0 bridgehead atoms. The Hall–Kier alpha value is -1.78. The van der Waals surface area contributed by atoms with Crippen molar-refractivity contribution < 1.29 is 23.8 Å². The summed E-state index contributed by atoms with van der Waals surface area (Å²) in [6.07, 6.45) is 3.56. The predicted octanol–water partition coefficient (Wildman–Crippen LogP) is 1.30. The molecule has 0 aromatic carbocycles. The summed E-state index contributed by atoms with van der Waals surface area (Å²) in [7, 11) is 0. The number of hydrogen-bond donors (Lipinski definition) is 0. The third kappa shape index (κ3) is 3.12. The van der Waals surface area contributed by atoms with Crippen molar-refractivity contribution in [2.24, 2.45) is 0 Å². The van der Waals surface area contributed by atoms with Crippen LogP contribution in [0.2, 0.25) is 0 Å². The van der Waals surface area contributed by atoms with Crippen LogP contribution in [0.15, 0.2) is 23.7 Å². The molecule has 0 spiro atoms. The lowest BCUT2D eigenvalue weighted by atomic mass is 10.2. The summed E-state index contributed by atoms with van der Waals surface area (Å²) >= 11 is 0. The number of esters is 2. The van der Waals surface area contributed by atoms with Crippen molar-refractivity contribution >= 4 is 11.9 Å².